The summed E-state index contributed by atoms with van der Waals surface area (Å²) < 4.78 is 1.78. The first-order valence-corrected chi connectivity index (χ1v) is 9.78. The second kappa shape index (κ2) is 7.99. The van der Waals surface area contributed by atoms with Gasteiger partial charge in [-0.15, -0.1) is 0 Å². The standard InChI is InChI=1S/C21H12Cl3N3O3/c22-12-3-6-14(7-4-12)26-9-1-2-15(26)11-16-19(28)25-21(30)27(20(16)29)18-8-5-13(23)10-17(18)24/h1-11H,(H,25,28,30)/b16-11+. The topological polar surface area (TPSA) is 71.4 Å². The van der Waals surface area contributed by atoms with Crippen LogP contribution in [0.25, 0.3) is 11.8 Å². The van der Waals surface area contributed by atoms with Gasteiger partial charge in [0.1, 0.15) is 5.57 Å². The van der Waals surface area contributed by atoms with E-state index in [4.69, 9.17) is 34.8 Å². The molecule has 6 nitrogen and oxygen atoms in total. The Bertz CT molecular complexity index is 1220. The number of anilines is 1. The van der Waals surface area contributed by atoms with Crippen LogP contribution >= 0.6 is 34.8 Å². The van der Waals surface area contributed by atoms with Gasteiger partial charge in [0.15, 0.2) is 0 Å². The molecule has 1 fully saturated rings. The van der Waals surface area contributed by atoms with Crippen molar-refractivity contribution >= 4 is 64.4 Å². The van der Waals surface area contributed by atoms with Crippen molar-refractivity contribution in [1.82, 2.24) is 9.88 Å². The Hall–Kier alpha value is -3.06. The number of benzene rings is 2. The molecular weight excluding hydrogens is 449 g/mol. The number of nitrogens with zero attached hydrogens (tertiary/aromatic N) is 2. The predicted molar refractivity (Wildman–Crippen MR) is 116 cm³/mol. The van der Waals surface area contributed by atoms with Gasteiger partial charge in [0, 0.05) is 27.6 Å². The maximum absolute atomic E-state index is 13.1. The molecule has 0 unspecified atom stereocenters. The zero-order chi connectivity index (χ0) is 21.4. The zero-order valence-corrected chi connectivity index (χ0v) is 17.4. The molecule has 4 rings (SSSR count). The molecule has 3 aromatic rings. The molecule has 0 saturated carbocycles. The zero-order valence-electron chi connectivity index (χ0n) is 15.1. The van der Waals surface area contributed by atoms with E-state index >= 15 is 0 Å². The Balaban J connectivity index is 1.76. The van der Waals surface area contributed by atoms with Crippen molar-refractivity contribution in [2.75, 3.05) is 4.90 Å². The molecule has 1 aliphatic heterocycles. The minimum absolute atomic E-state index is 0.101. The number of barbiturate groups is 1. The van der Waals surface area contributed by atoms with E-state index in [-0.39, 0.29) is 16.3 Å². The van der Waals surface area contributed by atoms with E-state index in [1.807, 2.05) is 0 Å². The third kappa shape index (κ3) is 3.73. The molecule has 150 valence electrons. The largest absolute Gasteiger partial charge is 0.335 e. The van der Waals surface area contributed by atoms with Crippen LogP contribution in [0.2, 0.25) is 15.1 Å². The number of carbonyl (C=O) groups excluding carboxylic acids is 3. The number of carbonyl (C=O) groups is 3. The molecule has 0 bridgehead atoms. The summed E-state index contributed by atoms with van der Waals surface area (Å²) in [6.45, 7) is 0. The minimum Gasteiger partial charge on any atom is -0.317 e. The maximum Gasteiger partial charge on any atom is 0.335 e. The average molecular weight is 461 g/mol. The van der Waals surface area contributed by atoms with Crippen LogP contribution in [0, 0.1) is 0 Å². The number of amides is 4. The van der Waals surface area contributed by atoms with Gasteiger partial charge in [-0.3, -0.25) is 14.9 Å². The van der Waals surface area contributed by atoms with Crippen molar-refractivity contribution in [1.29, 1.82) is 0 Å². The van der Waals surface area contributed by atoms with Crippen LogP contribution in [0.1, 0.15) is 5.69 Å². The van der Waals surface area contributed by atoms with E-state index in [2.05, 4.69) is 5.32 Å². The number of nitrogens with one attached hydrogen (secondary N) is 1. The molecular formula is C21H12Cl3N3O3. The van der Waals surface area contributed by atoms with Crippen LogP contribution in [-0.2, 0) is 9.59 Å². The first-order valence-electron chi connectivity index (χ1n) is 8.65. The Kier molecular flexibility index (Phi) is 5.39. The van der Waals surface area contributed by atoms with Crippen LogP contribution < -0.4 is 10.2 Å². The smallest absolute Gasteiger partial charge is 0.317 e. The molecule has 1 aromatic heterocycles. The van der Waals surface area contributed by atoms with E-state index in [9.17, 15) is 14.4 Å². The Labute approximate surface area is 186 Å². The number of hydrogen-bond acceptors (Lipinski definition) is 3. The molecule has 30 heavy (non-hydrogen) atoms. The lowest BCUT2D eigenvalue weighted by atomic mass is 10.1. The van der Waals surface area contributed by atoms with Crippen LogP contribution in [0.15, 0.2) is 66.4 Å². The Morgan fingerprint density at radius 3 is 2.27 bits per heavy atom. The van der Waals surface area contributed by atoms with Crippen molar-refractivity contribution in [3.8, 4) is 5.69 Å². The molecule has 2 aromatic carbocycles. The van der Waals surface area contributed by atoms with Gasteiger partial charge in [-0.05, 0) is 60.7 Å². The summed E-state index contributed by atoms with van der Waals surface area (Å²) in [5, 5.41) is 3.20. The summed E-state index contributed by atoms with van der Waals surface area (Å²) in [4.78, 5) is 38.6. The summed E-state index contributed by atoms with van der Waals surface area (Å²) in [5.74, 6) is -1.59. The molecule has 1 saturated heterocycles. The second-order valence-electron chi connectivity index (χ2n) is 6.33. The lowest BCUT2D eigenvalue weighted by molar-refractivity contribution is -0.122. The lowest BCUT2D eigenvalue weighted by Gasteiger charge is -2.27. The highest BCUT2D eigenvalue weighted by atomic mass is 35.5. The number of hydrogen-bond donors (Lipinski definition) is 1. The number of halogens is 3. The molecule has 0 atom stereocenters. The fourth-order valence-electron chi connectivity index (χ4n) is 3.04. The van der Waals surface area contributed by atoms with Crippen molar-refractivity contribution in [2.24, 2.45) is 0 Å². The van der Waals surface area contributed by atoms with Gasteiger partial charge in [0.05, 0.1) is 10.7 Å². The third-order valence-corrected chi connectivity index (χ3v) is 5.22. The summed E-state index contributed by atoms with van der Waals surface area (Å²) in [6, 6.07) is 14.0. The quantitative estimate of drug-likeness (QED) is 0.436. The van der Waals surface area contributed by atoms with Gasteiger partial charge in [-0.2, -0.15) is 0 Å². The van der Waals surface area contributed by atoms with Gasteiger partial charge >= 0.3 is 6.03 Å². The molecule has 0 aliphatic carbocycles. The van der Waals surface area contributed by atoms with Gasteiger partial charge in [0.2, 0.25) is 0 Å². The molecule has 1 aliphatic rings. The van der Waals surface area contributed by atoms with Gasteiger partial charge in [0.25, 0.3) is 11.8 Å². The van der Waals surface area contributed by atoms with Crippen molar-refractivity contribution < 1.29 is 14.4 Å². The van der Waals surface area contributed by atoms with Gasteiger partial charge < -0.3 is 4.57 Å². The van der Waals surface area contributed by atoms with Gasteiger partial charge in [-0.25, -0.2) is 9.69 Å². The molecule has 4 amide bonds. The summed E-state index contributed by atoms with van der Waals surface area (Å²) in [5.41, 5.74) is 1.26. The summed E-state index contributed by atoms with van der Waals surface area (Å²) in [6.07, 6.45) is 3.19. The van der Waals surface area contributed by atoms with Crippen molar-refractivity contribution in [3.05, 3.63) is 87.1 Å². The Morgan fingerprint density at radius 1 is 0.867 bits per heavy atom. The van der Waals surface area contributed by atoms with Crippen LogP contribution in [0.3, 0.4) is 0 Å². The van der Waals surface area contributed by atoms with Crippen LogP contribution in [-0.4, -0.2) is 22.4 Å². The van der Waals surface area contributed by atoms with Crippen molar-refractivity contribution in [2.45, 2.75) is 0 Å². The van der Waals surface area contributed by atoms with E-state index in [1.165, 1.54) is 24.3 Å². The predicted octanol–water partition coefficient (Wildman–Crippen LogP) is 5.10. The third-order valence-electron chi connectivity index (χ3n) is 4.43. The average Bonchev–Trinajstić information content (AvgIpc) is 3.15. The monoisotopic (exact) mass is 459 g/mol. The number of aromatic nitrogens is 1. The highest BCUT2D eigenvalue weighted by molar-refractivity contribution is 6.42. The molecule has 0 radical (unpaired) electrons. The molecule has 0 spiro atoms. The Morgan fingerprint density at radius 2 is 1.57 bits per heavy atom. The lowest BCUT2D eigenvalue weighted by Crippen LogP contribution is -2.54. The molecule has 1 N–H and O–H groups in total. The molecule has 9 heteroatoms. The number of urea groups is 1. The van der Waals surface area contributed by atoms with Crippen LogP contribution in [0.4, 0.5) is 10.5 Å². The van der Waals surface area contributed by atoms with E-state index in [1.54, 1.807) is 47.2 Å². The number of rotatable bonds is 3. The van der Waals surface area contributed by atoms with Crippen LogP contribution in [0.5, 0.6) is 0 Å². The van der Waals surface area contributed by atoms with Gasteiger partial charge in [-0.1, -0.05) is 34.8 Å². The SMILES string of the molecule is O=C1NC(=O)N(c2ccc(Cl)cc2Cl)C(=O)/C1=C/c1cccn1-c1ccc(Cl)cc1. The fraction of sp³-hybridized carbons (Fsp3) is 0. The summed E-state index contributed by atoms with van der Waals surface area (Å²) >= 11 is 18.0. The second-order valence-corrected chi connectivity index (χ2v) is 7.61. The highest BCUT2D eigenvalue weighted by Crippen LogP contribution is 2.31. The van der Waals surface area contributed by atoms with E-state index in [0.717, 1.165) is 10.6 Å². The first kappa shape index (κ1) is 20.2. The summed E-state index contributed by atoms with van der Waals surface area (Å²) in [7, 11) is 0. The van der Waals surface area contributed by atoms with E-state index < -0.39 is 17.8 Å². The first-order chi connectivity index (χ1) is 14.3. The number of imide groups is 2. The minimum atomic E-state index is -0.889. The fourth-order valence-corrected chi connectivity index (χ4v) is 3.65. The normalized spacial score (nSPS) is 15.6. The highest BCUT2D eigenvalue weighted by Gasteiger charge is 2.37. The van der Waals surface area contributed by atoms with Crippen molar-refractivity contribution in [3.63, 3.8) is 0 Å². The molecule has 2 heterocycles. The maximum atomic E-state index is 13.1. The van der Waals surface area contributed by atoms with E-state index in [0.29, 0.717) is 15.7 Å².